The Hall–Kier alpha value is -1.60. The van der Waals surface area contributed by atoms with Crippen LogP contribution >= 0.6 is 45.2 Å². The molecular weight excluding hydrogens is 554 g/mol. The van der Waals surface area contributed by atoms with E-state index >= 15 is 0 Å². The molecule has 26 heavy (non-hydrogen) atoms. The summed E-state index contributed by atoms with van der Waals surface area (Å²) in [6.45, 7) is 6.45. The molecule has 0 radical (unpaired) electrons. The number of ether oxygens (including phenoxy) is 1. The Morgan fingerprint density at radius 2 is 1.92 bits per heavy atom. The van der Waals surface area contributed by atoms with E-state index in [9.17, 15) is 10.1 Å². The van der Waals surface area contributed by atoms with Gasteiger partial charge in [0, 0.05) is 5.69 Å². The van der Waals surface area contributed by atoms with Crippen molar-refractivity contribution in [2.45, 2.75) is 20.8 Å². The molecule has 0 atom stereocenters. The molecule has 2 rings (SSSR count). The van der Waals surface area contributed by atoms with Gasteiger partial charge in [0.2, 0.25) is 0 Å². The van der Waals surface area contributed by atoms with Gasteiger partial charge < -0.3 is 10.1 Å². The maximum Gasteiger partial charge on any atom is 0.266 e. The van der Waals surface area contributed by atoms with Crippen molar-refractivity contribution < 1.29 is 9.53 Å². The second-order valence-corrected chi connectivity index (χ2v) is 7.94. The fourth-order valence-electron chi connectivity index (χ4n) is 2.34. The second kappa shape index (κ2) is 9.37. The average Bonchev–Trinajstić information content (AvgIpc) is 2.60. The molecule has 0 saturated carbocycles. The van der Waals surface area contributed by atoms with Crippen LogP contribution in [0.4, 0.5) is 5.69 Å². The van der Waals surface area contributed by atoms with Crippen molar-refractivity contribution in [3.8, 4) is 11.8 Å². The molecule has 0 heterocycles. The number of benzene rings is 2. The predicted octanol–water partition coefficient (Wildman–Crippen LogP) is 5.46. The summed E-state index contributed by atoms with van der Waals surface area (Å²) in [5, 5.41) is 12.3. The molecule has 0 aromatic heterocycles. The van der Waals surface area contributed by atoms with Crippen molar-refractivity contribution in [3.63, 3.8) is 0 Å². The quantitative estimate of drug-likeness (QED) is 0.295. The molecule has 0 saturated heterocycles. The molecular formula is C20H18I2N2O2. The summed E-state index contributed by atoms with van der Waals surface area (Å²) in [5.41, 5.74) is 3.63. The molecule has 134 valence electrons. The van der Waals surface area contributed by atoms with E-state index in [2.05, 4.69) is 50.5 Å². The lowest BCUT2D eigenvalue weighted by atomic mass is 10.1. The fraction of sp³-hybridized carbons (Fsp3) is 0.200. The van der Waals surface area contributed by atoms with Gasteiger partial charge in [-0.1, -0.05) is 12.1 Å². The van der Waals surface area contributed by atoms with Gasteiger partial charge in [-0.05, 0) is 107 Å². The van der Waals surface area contributed by atoms with E-state index in [0.29, 0.717) is 12.3 Å². The number of hydrogen-bond donors (Lipinski definition) is 1. The smallest absolute Gasteiger partial charge is 0.266 e. The third kappa shape index (κ3) is 4.98. The van der Waals surface area contributed by atoms with Gasteiger partial charge in [-0.15, -0.1) is 0 Å². The van der Waals surface area contributed by atoms with E-state index in [1.54, 1.807) is 6.08 Å². The molecule has 0 spiro atoms. The first-order chi connectivity index (χ1) is 12.4. The number of carbonyl (C=O) groups excluding carboxylic acids is 1. The minimum atomic E-state index is -0.417. The Balaban J connectivity index is 2.31. The number of nitriles is 1. The van der Waals surface area contributed by atoms with Gasteiger partial charge in [0.05, 0.1) is 13.7 Å². The molecule has 0 unspecified atom stereocenters. The first kappa shape index (κ1) is 20.7. The summed E-state index contributed by atoms with van der Waals surface area (Å²) in [5.74, 6) is 0.407. The summed E-state index contributed by atoms with van der Waals surface area (Å²) < 4.78 is 7.50. The maximum atomic E-state index is 12.5. The number of hydrogen-bond acceptors (Lipinski definition) is 3. The van der Waals surface area contributed by atoms with Gasteiger partial charge in [-0.2, -0.15) is 5.26 Å². The molecule has 0 aliphatic heterocycles. The Labute approximate surface area is 180 Å². The SMILES string of the molecule is CCOc1c(I)cc(/C=C(\C#N)C(=O)Nc2cccc(C)c2C)cc1I. The van der Waals surface area contributed by atoms with Crippen LogP contribution in [-0.4, -0.2) is 12.5 Å². The molecule has 2 aromatic carbocycles. The highest BCUT2D eigenvalue weighted by molar-refractivity contribution is 14.1. The number of amides is 1. The number of rotatable bonds is 5. The van der Waals surface area contributed by atoms with Gasteiger partial charge in [-0.25, -0.2) is 0 Å². The van der Waals surface area contributed by atoms with Crippen molar-refractivity contribution >= 4 is 62.9 Å². The van der Waals surface area contributed by atoms with E-state index < -0.39 is 5.91 Å². The van der Waals surface area contributed by atoms with Crippen LogP contribution in [0.1, 0.15) is 23.6 Å². The Bertz CT molecular complexity index is 892. The van der Waals surface area contributed by atoms with E-state index in [1.807, 2.05) is 57.2 Å². The van der Waals surface area contributed by atoms with E-state index in [1.165, 1.54) is 0 Å². The predicted molar refractivity (Wildman–Crippen MR) is 121 cm³/mol. The second-order valence-electron chi connectivity index (χ2n) is 5.62. The number of nitrogens with one attached hydrogen (secondary N) is 1. The molecule has 1 amide bonds. The van der Waals surface area contributed by atoms with E-state index in [-0.39, 0.29) is 5.57 Å². The first-order valence-corrected chi connectivity index (χ1v) is 10.1. The molecule has 4 nitrogen and oxygen atoms in total. The van der Waals surface area contributed by atoms with Crippen LogP contribution in [-0.2, 0) is 4.79 Å². The zero-order valence-electron chi connectivity index (χ0n) is 14.7. The lowest BCUT2D eigenvalue weighted by molar-refractivity contribution is -0.112. The Morgan fingerprint density at radius 1 is 1.27 bits per heavy atom. The number of carbonyl (C=O) groups is 1. The summed E-state index contributed by atoms with van der Waals surface area (Å²) in [6.07, 6.45) is 1.60. The normalized spacial score (nSPS) is 11.0. The number of anilines is 1. The lowest BCUT2D eigenvalue weighted by Gasteiger charge is -2.11. The van der Waals surface area contributed by atoms with Crippen LogP contribution in [0.15, 0.2) is 35.9 Å². The Morgan fingerprint density at radius 3 is 2.50 bits per heavy atom. The van der Waals surface area contributed by atoms with Crippen molar-refractivity contribution in [3.05, 3.63) is 59.7 Å². The molecule has 6 heteroatoms. The van der Waals surface area contributed by atoms with Gasteiger partial charge >= 0.3 is 0 Å². The van der Waals surface area contributed by atoms with Gasteiger partial charge in [0.15, 0.2) is 0 Å². The number of halogens is 2. The molecule has 1 N–H and O–H groups in total. The van der Waals surface area contributed by atoms with Crippen LogP contribution in [0.2, 0.25) is 0 Å². The van der Waals surface area contributed by atoms with Crippen LogP contribution in [0.5, 0.6) is 5.75 Å². The van der Waals surface area contributed by atoms with Gasteiger partial charge in [0.25, 0.3) is 5.91 Å². The number of nitrogens with zero attached hydrogens (tertiary/aromatic N) is 1. The summed E-state index contributed by atoms with van der Waals surface area (Å²) in [7, 11) is 0. The van der Waals surface area contributed by atoms with Crippen molar-refractivity contribution in [1.82, 2.24) is 0 Å². The number of aryl methyl sites for hydroxylation is 1. The van der Waals surface area contributed by atoms with Crippen molar-refractivity contribution in [2.75, 3.05) is 11.9 Å². The average molecular weight is 572 g/mol. The minimum absolute atomic E-state index is 0.0571. The standard InChI is InChI=1S/C20H18I2N2O2/c1-4-26-19-16(21)9-14(10-17(19)22)8-15(11-23)20(25)24-18-7-5-6-12(2)13(18)3/h5-10H,4H2,1-3H3,(H,24,25)/b15-8+. The topological polar surface area (TPSA) is 62.1 Å². The molecule has 0 bridgehead atoms. The highest BCUT2D eigenvalue weighted by atomic mass is 127. The molecule has 2 aromatic rings. The third-order valence-corrected chi connectivity index (χ3v) is 5.44. The maximum absolute atomic E-state index is 12.5. The van der Waals surface area contributed by atoms with Crippen LogP contribution in [0, 0.1) is 32.3 Å². The highest BCUT2D eigenvalue weighted by Crippen LogP contribution is 2.30. The molecule has 0 aliphatic carbocycles. The van der Waals surface area contributed by atoms with Gasteiger partial charge in [-0.3, -0.25) is 4.79 Å². The van der Waals surface area contributed by atoms with Gasteiger partial charge in [0.1, 0.15) is 17.4 Å². The van der Waals surface area contributed by atoms with Crippen LogP contribution < -0.4 is 10.1 Å². The summed E-state index contributed by atoms with van der Waals surface area (Å²) in [4.78, 5) is 12.5. The zero-order chi connectivity index (χ0) is 19.3. The highest BCUT2D eigenvalue weighted by Gasteiger charge is 2.13. The monoisotopic (exact) mass is 572 g/mol. The largest absolute Gasteiger partial charge is 0.492 e. The van der Waals surface area contributed by atoms with Crippen LogP contribution in [0.3, 0.4) is 0 Å². The fourth-order valence-corrected chi connectivity index (χ4v) is 4.46. The molecule has 0 fully saturated rings. The molecule has 0 aliphatic rings. The summed E-state index contributed by atoms with van der Waals surface area (Å²) >= 11 is 4.39. The summed E-state index contributed by atoms with van der Waals surface area (Å²) in [6, 6.07) is 11.5. The third-order valence-electron chi connectivity index (χ3n) is 3.84. The first-order valence-electron chi connectivity index (χ1n) is 7.98. The van der Waals surface area contributed by atoms with Crippen LogP contribution in [0.25, 0.3) is 6.08 Å². The lowest BCUT2D eigenvalue weighted by Crippen LogP contribution is -2.14. The van der Waals surface area contributed by atoms with E-state index in [4.69, 9.17) is 4.74 Å². The zero-order valence-corrected chi connectivity index (χ0v) is 19.0. The van der Waals surface area contributed by atoms with Crippen molar-refractivity contribution in [1.29, 1.82) is 5.26 Å². The Kier molecular flexibility index (Phi) is 7.46. The minimum Gasteiger partial charge on any atom is -0.492 e. The van der Waals surface area contributed by atoms with Crippen molar-refractivity contribution in [2.24, 2.45) is 0 Å². The van der Waals surface area contributed by atoms with E-state index in [0.717, 1.165) is 29.6 Å².